The number of rotatable bonds is 5. The van der Waals surface area contributed by atoms with Gasteiger partial charge in [0, 0.05) is 19.6 Å². The fourth-order valence-corrected chi connectivity index (χ4v) is 2.59. The molecule has 0 amide bonds. The average molecular weight is 261 g/mol. The second-order valence-electron chi connectivity index (χ2n) is 3.69. The van der Waals surface area contributed by atoms with Crippen LogP contribution in [0.2, 0.25) is 0 Å². The number of nitrogens with one attached hydrogen (secondary N) is 3. The van der Waals surface area contributed by atoms with E-state index >= 15 is 0 Å². The monoisotopic (exact) mass is 261 g/mol. The molecule has 96 valence electrons. The summed E-state index contributed by atoms with van der Waals surface area (Å²) in [5.41, 5.74) is -0.216. The van der Waals surface area contributed by atoms with Gasteiger partial charge in [-0.3, -0.25) is 25.6 Å². The van der Waals surface area contributed by atoms with Gasteiger partial charge in [0.1, 0.15) is 11.8 Å². The minimum atomic E-state index is -0.410. The number of hydrogen-bond acceptors (Lipinski definition) is 8. The van der Waals surface area contributed by atoms with Crippen LogP contribution >= 0.6 is 11.8 Å². The maximum atomic E-state index is 10.5. The molecular weight excluding hydrogens is 246 g/mol. The van der Waals surface area contributed by atoms with Gasteiger partial charge in [-0.2, -0.15) is 0 Å². The van der Waals surface area contributed by atoms with Crippen molar-refractivity contribution in [2.24, 2.45) is 0 Å². The molecule has 8 nitrogen and oxygen atoms in total. The SMILES string of the molecule is O=[N+]([O-])C1=CNC(NC2NCCN2CCO)S1. The molecule has 9 heteroatoms. The second kappa shape index (κ2) is 5.65. The number of nitrogens with zero attached hydrogens (tertiary/aromatic N) is 2. The highest BCUT2D eigenvalue weighted by molar-refractivity contribution is 8.03. The van der Waals surface area contributed by atoms with E-state index in [1.807, 2.05) is 4.90 Å². The molecule has 2 atom stereocenters. The summed E-state index contributed by atoms with van der Waals surface area (Å²) >= 11 is 1.14. The molecule has 17 heavy (non-hydrogen) atoms. The molecule has 0 radical (unpaired) electrons. The van der Waals surface area contributed by atoms with Crippen LogP contribution in [0.15, 0.2) is 11.2 Å². The Hall–Kier alpha value is -0.870. The van der Waals surface area contributed by atoms with Crippen LogP contribution in [0.4, 0.5) is 0 Å². The average Bonchev–Trinajstić information content (AvgIpc) is 2.90. The van der Waals surface area contributed by atoms with Gasteiger partial charge in [0.15, 0.2) is 0 Å². The zero-order chi connectivity index (χ0) is 12.3. The predicted octanol–water partition coefficient (Wildman–Crippen LogP) is -1.55. The highest BCUT2D eigenvalue weighted by Gasteiger charge is 2.31. The van der Waals surface area contributed by atoms with E-state index in [0.29, 0.717) is 6.54 Å². The Balaban J connectivity index is 1.80. The Morgan fingerprint density at radius 3 is 3.24 bits per heavy atom. The zero-order valence-corrected chi connectivity index (χ0v) is 9.94. The normalized spacial score (nSPS) is 29.1. The van der Waals surface area contributed by atoms with Gasteiger partial charge < -0.3 is 10.4 Å². The first-order valence-corrected chi connectivity index (χ1v) is 6.20. The number of β-amino-alcohol motifs (C(OH)–C–C–N with tert-alkyl or cyclic N) is 1. The summed E-state index contributed by atoms with van der Waals surface area (Å²) in [6.07, 6.45) is 1.33. The van der Waals surface area contributed by atoms with Gasteiger partial charge in [-0.25, -0.2) is 0 Å². The Morgan fingerprint density at radius 1 is 1.76 bits per heavy atom. The van der Waals surface area contributed by atoms with E-state index in [2.05, 4.69) is 16.0 Å². The summed E-state index contributed by atoms with van der Waals surface area (Å²) < 4.78 is 0. The van der Waals surface area contributed by atoms with Crippen LogP contribution in [0, 0.1) is 10.1 Å². The van der Waals surface area contributed by atoms with Crippen LogP contribution in [0.25, 0.3) is 0 Å². The van der Waals surface area contributed by atoms with Crippen molar-refractivity contribution in [3.63, 3.8) is 0 Å². The molecule has 1 saturated heterocycles. The summed E-state index contributed by atoms with van der Waals surface area (Å²) in [5.74, 6) is 0. The molecule has 2 aliphatic heterocycles. The van der Waals surface area contributed by atoms with Gasteiger partial charge in [0.05, 0.1) is 17.7 Å². The Morgan fingerprint density at radius 2 is 2.59 bits per heavy atom. The van der Waals surface area contributed by atoms with Crippen LogP contribution in [0.1, 0.15) is 0 Å². The maximum Gasteiger partial charge on any atom is 0.322 e. The first-order chi connectivity index (χ1) is 8.20. The zero-order valence-electron chi connectivity index (χ0n) is 9.13. The lowest BCUT2D eigenvalue weighted by Crippen LogP contribution is -2.53. The number of aliphatic hydroxyl groups excluding tert-OH is 1. The molecule has 4 N–H and O–H groups in total. The van der Waals surface area contributed by atoms with E-state index in [-0.39, 0.29) is 23.4 Å². The number of aliphatic hydroxyl groups is 1. The van der Waals surface area contributed by atoms with Crippen molar-refractivity contribution in [1.29, 1.82) is 0 Å². The van der Waals surface area contributed by atoms with Gasteiger partial charge in [0.2, 0.25) is 0 Å². The van der Waals surface area contributed by atoms with Gasteiger partial charge in [-0.15, -0.1) is 0 Å². The molecule has 0 aliphatic carbocycles. The summed E-state index contributed by atoms with van der Waals surface area (Å²) in [6, 6.07) is 0. The fraction of sp³-hybridized carbons (Fsp3) is 0.750. The molecular formula is C8H15N5O3S. The van der Waals surface area contributed by atoms with E-state index in [1.165, 1.54) is 6.20 Å². The summed E-state index contributed by atoms with van der Waals surface area (Å²) in [6.45, 7) is 2.37. The summed E-state index contributed by atoms with van der Waals surface area (Å²) in [5, 5.41) is 28.9. The van der Waals surface area contributed by atoms with Gasteiger partial charge in [0.25, 0.3) is 0 Å². The Kier molecular flexibility index (Phi) is 4.18. The minimum absolute atomic E-state index is 0.0633. The second-order valence-corrected chi connectivity index (χ2v) is 4.81. The van der Waals surface area contributed by atoms with Crippen molar-refractivity contribution in [3.05, 3.63) is 21.3 Å². The lowest BCUT2D eigenvalue weighted by atomic mass is 10.5. The third-order valence-electron chi connectivity index (χ3n) is 2.58. The van der Waals surface area contributed by atoms with Crippen LogP contribution < -0.4 is 16.0 Å². The van der Waals surface area contributed by atoms with Crippen LogP contribution in [0.5, 0.6) is 0 Å². The number of thioether (sulfide) groups is 1. The Labute approximate surface area is 103 Å². The Bertz CT molecular complexity index is 326. The summed E-state index contributed by atoms with van der Waals surface area (Å²) in [4.78, 5) is 12.2. The van der Waals surface area contributed by atoms with Crippen molar-refractivity contribution < 1.29 is 10.0 Å². The molecule has 2 aliphatic rings. The van der Waals surface area contributed by atoms with Crippen molar-refractivity contribution in [3.8, 4) is 0 Å². The van der Waals surface area contributed by atoms with Gasteiger partial charge >= 0.3 is 5.03 Å². The molecule has 2 unspecified atom stereocenters. The topological polar surface area (TPSA) is 103 Å². The molecule has 0 spiro atoms. The largest absolute Gasteiger partial charge is 0.395 e. The molecule has 1 fully saturated rings. The fourth-order valence-electron chi connectivity index (χ4n) is 1.79. The maximum absolute atomic E-state index is 10.5. The van der Waals surface area contributed by atoms with Crippen molar-refractivity contribution in [2.45, 2.75) is 11.8 Å². The molecule has 0 saturated carbocycles. The first-order valence-electron chi connectivity index (χ1n) is 5.32. The molecule has 0 aromatic heterocycles. The standard InChI is InChI=1S/C8H15N5O3S/c14-4-3-12-2-1-9-7(12)11-8-10-5-6(17-8)13(15)16/h5,7-11,14H,1-4H2. The van der Waals surface area contributed by atoms with Crippen LogP contribution in [-0.4, -0.2) is 53.0 Å². The van der Waals surface area contributed by atoms with E-state index in [9.17, 15) is 10.1 Å². The molecule has 0 bridgehead atoms. The number of hydrogen-bond donors (Lipinski definition) is 4. The lowest BCUT2D eigenvalue weighted by Gasteiger charge is -2.26. The van der Waals surface area contributed by atoms with E-state index in [1.54, 1.807) is 0 Å². The lowest BCUT2D eigenvalue weighted by molar-refractivity contribution is -0.410. The molecule has 2 rings (SSSR count). The molecule has 2 heterocycles. The number of nitro groups is 1. The quantitative estimate of drug-likeness (QED) is 0.348. The van der Waals surface area contributed by atoms with Crippen molar-refractivity contribution >= 4 is 11.8 Å². The highest BCUT2D eigenvalue weighted by Crippen LogP contribution is 2.24. The van der Waals surface area contributed by atoms with Gasteiger partial charge in [-0.05, 0) is 11.8 Å². The molecule has 0 aromatic rings. The van der Waals surface area contributed by atoms with Crippen LogP contribution in [0.3, 0.4) is 0 Å². The minimum Gasteiger partial charge on any atom is -0.395 e. The third-order valence-corrected chi connectivity index (χ3v) is 3.59. The smallest absolute Gasteiger partial charge is 0.322 e. The first kappa shape index (κ1) is 12.6. The van der Waals surface area contributed by atoms with E-state index in [4.69, 9.17) is 5.11 Å². The predicted molar refractivity (Wildman–Crippen MR) is 63.2 cm³/mol. The molecule has 0 aromatic carbocycles. The van der Waals surface area contributed by atoms with Crippen molar-refractivity contribution in [2.75, 3.05) is 26.2 Å². The van der Waals surface area contributed by atoms with Gasteiger partial charge in [-0.1, -0.05) is 0 Å². The highest BCUT2D eigenvalue weighted by atomic mass is 32.2. The van der Waals surface area contributed by atoms with E-state index in [0.717, 1.165) is 24.9 Å². The van der Waals surface area contributed by atoms with Crippen LogP contribution in [-0.2, 0) is 0 Å². The van der Waals surface area contributed by atoms with E-state index < -0.39 is 4.92 Å². The third kappa shape index (κ3) is 3.07. The van der Waals surface area contributed by atoms with Crippen molar-refractivity contribution in [1.82, 2.24) is 20.9 Å². The summed E-state index contributed by atoms with van der Waals surface area (Å²) in [7, 11) is 0.